The highest BCUT2D eigenvalue weighted by Crippen LogP contribution is 2.45. The fraction of sp³-hybridized carbons (Fsp3) is 0.960. The van der Waals surface area contributed by atoms with E-state index in [1.807, 2.05) is 0 Å². The number of unbranched alkanes of at least 4 members (excludes halogenated alkanes) is 4. The van der Waals surface area contributed by atoms with E-state index in [0.29, 0.717) is 5.78 Å². The summed E-state index contributed by atoms with van der Waals surface area (Å²) >= 11 is 0. The van der Waals surface area contributed by atoms with Crippen molar-refractivity contribution in [2.75, 3.05) is 0 Å². The lowest BCUT2D eigenvalue weighted by Crippen LogP contribution is -2.30. The number of hydrogen-bond acceptors (Lipinski definition) is 1. The zero-order chi connectivity index (χ0) is 18.2. The van der Waals surface area contributed by atoms with E-state index in [4.69, 9.17) is 0 Å². The fourth-order valence-corrected chi connectivity index (χ4v) is 6.53. The maximum Gasteiger partial charge on any atom is 0.133 e. The van der Waals surface area contributed by atoms with Crippen LogP contribution >= 0.6 is 0 Å². The largest absolute Gasteiger partial charge is 0.300 e. The molecule has 0 radical (unpaired) electrons. The molecule has 1 heteroatoms. The molecular formula is C25H44O. The Balaban J connectivity index is 1.30. The van der Waals surface area contributed by atoms with Crippen molar-refractivity contribution >= 4 is 5.78 Å². The molecule has 26 heavy (non-hydrogen) atoms. The molecule has 150 valence electrons. The topological polar surface area (TPSA) is 17.1 Å². The van der Waals surface area contributed by atoms with E-state index >= 15 is 0 Å². The molecule has 1 unspecified atom stereocenters. The Morgan fingerprint density at radius 1 is 0.692 bits per heavy atom. The summed E-state index contributed by atoms with van der Waals surface area (Å²) in [6, 6.07) is 0. The van der Waals surface area contributed by atoms with E-state index in [2.05, 4.69) is 6.92 Å². The molecule has 3 fully saturated rings. The SMILES string of the molecule is CCCCCCC[C@H]1CC[C@H](C2CCC(C3CCCC(=O)C3)CC2)CC1. The average molecular weight is 361 g/mol. The molecule has 1 nitrogen and oxygen atoms in total. The monoisotopic (exact) mass is 360 g/mol. The van der Waals surface area contributed by atoms with Gasteiger partial charge in [-0.15, -0.1) is 0 Å². The molecule has 0 saturated heterocycles. The van der Waals surface area contributed by atoms with Crippen molar-refractivity contribution < 1.29 is 4.79 Å². The van der Waals surface area contributed by atoms with Crippen LogP contribution in [-0.4, -0.2) is 5.78 Å². The number of carbonyl (C=O) groups excluding carboxylic acids is 1. The lowest BCUT2D eigenvalue weighted by atomic mass is 9.65. The number of rotatable bonds is 8. The highest BCUT2D eigenvalue weighted by Gasteiger charge is 2.34. The van der Waals surface area contributed by atoms with Crippen LogP contribution < -0.4 is 0 Å². The lowest BCUT2D eigenvalue weighted by molar-refractivity contribution is -0.122. The van der Waals surface area contributed by atoms with Crippen LogP contribution in [0.5, 0.6) is 0 Å². The van der Waals surface area contributed by atoms with Crippen LogP contribution in [0.4, 0.5) is 0 Å². The summed E-state index contributed by atoms with van der Waals surface area (Å²) < 4.78 is 0. The highest BCUT2D eigenvalue weighted by atomic mass is 16.1. The van der Waals surface area contributed by atoms with E-state index < -0.39 is 0 Å². The summed E-state index contributed by atoms with van der Waals surface area (Å²) in [5.74, 6) is 5.31. The Bertz CT molecular complexity index is 398. The van der Waals surface area contributed by atoms with Gasteiger partial charge >= 0.3 is 0 Å². The first-order valence-corrected chi connectivity index (χ1v) is 12.3. The lowest BCUT2D eigenvalue weighted by Gasteiger charge is -2.40. The van der Waals surface area contributed by atoms with Gasteiger partial charge in [-0.3, -0.25) is 4.79 Å². The van der Waals surface area contributed by atoms with Crippen LogP contribution in [0.15, 0.2) is 0 Å². The number of Topliss-reactive ketones (excluding diaryl/α,β-unsaturated/α-hetero) is 1. The van der Waals surface area contributed by atoms with E-state index in [1.54, 1.807) is 0 Å². The van der Waals surface area contributed by atoms with Crippen LogP contribution in [0.3, 0.4) is 0 Å². The van der Waals surface area contributed by atoms with Crippen molar-refractivity contribution in [3.8, 4) is 0 Å². The van der Waals surface area contributed by atoms with Gasteiger partial charge in [0.25, 0.3) is 0 Å². The number of carbonyl (C=O) groups is 1. The van der Waals surface area contributed by atoms with Gasteiger partial charge < -0.3 is 0 Å². The van der Waals surface area contributed by atoms with Crippen molar-refractivity contribution in [3.63, 3.8) is 0 Å². The predicted molar refractivity (Wildman–Crippen MR) is 111 cm³/mol. The van der Waals surface area contributed by atoms with Gasteiger partial charge in [-0.05, 0) is 81.0 Å². The third-order valence-electron chi connectivity index (χ3n) is 8.28. The molecule has 0 amide bonds. The second-order valence-electron chi connectivity index (χ2n) is 10.1. The van der Waals surface area contributed by atoms with E-state index in [-0.39, 0.29) is 0 Å². The predicted octanol–water partition coefficient (Wildman–Crippen LogP) is 7.72. The zero-order valence-electron chi connectivity index (χ0n) is 17.5. The molecule has 1 atom stereocenters. The maximum atomic E-state index is 11.8. The first-order chi connectivity index (χ1) is 12.8. The molecule has 0 aromatic heterocycles. The number of hydrogen-bond donors (Lipinski definition) is 0. The van der Waals surface area contributed by atoms with Crippen LogP contribution in [0.25, 0.3) is 0 Å². The van der Waals surface area contributed by atoms with Crippen molar-refractivity contribution in [1.29, 1.82) is 0 Å². The highest BCUT2D eigenvalue weighted by molar-refractivity contribution is 5.79. The third kappa shape index (κ3) is 6.10. The first kappa shape index (κ1) is 20.4. The quantitative estimate of drug-likeness (QED) is 0.405. The van der Waals surface area contributed by atoms with Gasteiger partial charge in [0, 0.05) is 12.8 Å². The molecule has 3 aliphatic carbocycles. The van der Waals surface area contributed by atoms with Crippen LogP contribution in [-0.2, 0) is 4.79 Å². The minimum absolute atomic E-state index is 0.552. The molecule has 3 rings (SSSR count). The normalized spacial score (nSPS) is 36.2. The zero-order valence-corrected chi connectivity index (χ0v) is 17.5. The van der Waals surface area contributed by atoms with E-state index in [9.17, 15) is 4.79 Å². The summed E-state index contributed by atoms with van der Waals surface area (Å²) in [4.78, 5) is 11.8. The van der Waals surface area contributed by atoms with Gasteiger partial charge in [-0.2, -0.15) is 0 Å². The minimum Gasteiger partial charge on any atom is -0.300 e. The molecule has 0 heterocycles. The summed E-state index contributed by atoms with van der Waals surface area (Å²) in [5, 5.41) is 0. The summed E-state index contributed by atoms with van der Waals surface area (Å²) in [6.45, 7) is 2.31. The Labute approximate surface area is 163 Å². The van der Waals surface area contributed by atoms with Gasteiger partial charge in [0.1, 0.15) is 5.78 Å². The Morgan fingerprint density at radius 2 is 1.27 bits per heavy atom. The molecule has 0 bridgehead atoms. The van der Waals surface area contributed by atoms with Crippen molar-refractivity contribution in [2.24, 2.45) is 29.6 Å². The Kier molecular flexibility index (Phi) is 8.53. The van der Waals surface area contributed by atoms with Crippen LogP contribution in [0.2, 0.25) is 0 Å². The third-order valence-corrected chi connectivity index (χ3v) is 8.28. The molecular weight excluding hydrogens is 316 g/mol. The molecule has 3 aliphatic rings. The van der Waals surface area contributed by atoms with Crippen molar-refractivity contribution in [1.82, 2.24) is 0 Å². The first-order valence-electron chi connectivity index (χ1n) is 12.3. The minimum atomic E-state index is 0.552. The smallest absolute Gasteiger partial charge is 0.133 e. The van der Waals surface area contributed by atoms with Gasteiger partial charge in [0.2, 0.25) is 0 Å². The van der Waals surface area contributed by atoms with Crippen molar-refractivity contribution in [3.05, 3.63) is 0 Å². The second-order valence-corrected chi connectivity index (χ2v) is 10.1. The Hall–Kier alpha value is -0.330. The van der Waals surface area contributed by atoms with Crippen LogP contribution in [0, 0.1) is 29.6 Å². The standard InChI is InChI=1S/C25H44O/c1-2-3-4-5-6-8-20-11-13-21(14-12-20)22-15-17-23(18-16-22)24-9-7-10-25(26)19-24/h20-24H,2-19H2,1H3/t20-,21-,22?,23?,24?. The molecule has 0 spiro atoms. The van der Waals surface area contributed by atoms with E-state index in [1.165, 1.54) is 103 Å². The maximum absolute atomic E-state index is 11.8. The molecule has 0 N–H and O–H groups in total. The second kappa shape index (κ2) is 10.9. The molecule has 0 aromatic rings. The number of ketones is 1. The van der Waals surface area contributed by atoms with Crippen LogP contribution in [0.1, 0.15) is 122 Å². The van der Waals surface area contributed by atoms with Gasteiger partial charge in [0.05, 0.1) is 0 Å². The van der Waals surface area contributed by atoms with Gasteiger partial charge in [-0.25, -0.2) is 0 Å². The average Bonchev–Trinajstić information content (AvgIpc) is 2.68. The fourth-order valence-electron chi connectivity index (χ4n) is 6.53. The van der Waals surface area contributed by atoms with E-state index in [0.717, 1.165) is 42.4 Å². The molecule has 0 aliphatic heterocycles. The summed E-state index contributed by atoms with van der Waals surface area (Å²) in [7, 11) is 0. The molecule has 0 aromatic carbocycles. The summed E-state index contributed by atoms with van der Waals surface area (Å²) in [6.07, 6.45) is 24.9. The van der Waals surface area contributed by atoms with Gasteiger partial charge in [-0.1, -0.05) is 58.3 Å². The van der Waals surface area contributed by atoms with Crippen molar-refractivity contribution in [2.45, 2.75) is 122 Å². The Morgan fingerprint density at radius 3 is 1.88 bits per heavy atom. The summed E-state index contributed by atoms with van der Waals surface area (Å²) in [5.41, 5.74) is 0. The molecule has 3 saturated carbocycles. The van der Waals surface area contributed by atoms with Gasteiger partial charge in [0.15, 0.2) is 0 Å².